The molecule has 0 amide bonds. The van der Waals surface area contributed by atoms with Gasteiger partial charge in [0.05, 0.1) is 5.69 Å². The van der Waals surface area contributed by atoms with Gasteiger partial charge in [-0.2, -0.15) is 0 Å². The van der Waals surface area contributed by atoms with Gasteiger partial charge < -0.3 is 4.90 Å². The third-order valence-electron chi connectivity index (χ3n) is 3.84. The van der Waals surface area contributed by atoms with Crippen LogP contribution in [0.5, 0.6) is 0 Å². The van der Waals surface area contributed by atoms with E-state index in [9.17, 15) is 4.79 Å². The SMILES string of the molecule is O=C(C=Cc1cccc(N2CCCCC2)n1)c1cc[c]cc1. The molecule has 0 bridgehead atoms. The number of hydrogen-bond acceptors (Lipinski definition) is 3. The fourth-order valence-electron chi connectivity index (χ4n) is 2.64. The van der Waals surface area contributed by atoms with Gasteiger partial charge >= 0.3 is 0 Å². The van der Waals surface area contributed by atoms with Crippen molar-refractivity contribution in [2.75, 3.05) is 18.0 Å². The molecule has 1 aliphatic rings. The normalized spacial score (nSPS) is 15.2. The number of benzene rings is 1. The molecule has 0 atom stereocenters. The predicted octanol–water partition coefficient (Wildman–Crippen LogP) is 3.77. The number of piperidine rings is 1. The highest BCUT2D eigenvalue weighted by atomic mass is 16.1. The molecule has 0 unspecified atom stereocenters. The topological polar surface area (TPSA) is 33.2 Å². The Labute approximate surface area is 131 Å². The van der Waals surface area contributed by atoms with Crippen LogP contribution in [0.1, 0.15) is 35.3 Å². The van der Waals surface area contributed by atoms with Gasteiger partial charge in [0.1, 0.15) is 5.82 Å². The van der Waals surface area contributed by atoms with E-state index in [-0.39, 0.29) is 5.78 Å². The molecule has 1 radical (unpaired) electrons. The number of aromatic nitrogens is 1. The van der Waals surface area contributed by atoms with E-state index in [4.69, 9.17) is 0 Å². The highest BCUT2D eigenvalue weighted by Crippen LogP contribution is 2.18. The smallest absolute Gasteiger partial charge is 0.185 e. The van der Waals surface area contributed by atoms with E-state index in [0.717, 1.165) is 24.6 Å². The average molecular weight is 291 g/mol. The molecule has 111 valence electrons. The Kier molecular flexibility index (Phi) is 4.64. The minimum Gasteiger partial charge on any atom is -0.357 e. The number of carbonyl (C=O) groups is 1. The second-order valence-electron chi connectivity index (χ2n) is 5.45. The van der Waals surface area contributed by atoms with Gasteiger partial charge in [0.25, 0.3) is 0 Å². The summed E-state index contributed by atoms with van der Waals surface area (Å²) < 4.78 is 0. The fraction of sp³-hybridized carbons (Fsp3) is 0.263. The van der Waals surface area contributed by atoms with E-state index in [1.807, 2.05) is 18.2 Å². The van der Waals surface area contributed by atoms with Gasteiger partial charge in [-0.15, -0.1) is 0 Å². The van der Waals surface area contributed by atoms with Crippen LogP contribution in [-0.2, 0) is 0 Å². The maximum Gasteiger partial charge on any atom is 0.185 e. The van der Waals surface area contributed by atoms with E-state index >= 15 is 0 Å². The Morgan fingerprint density at radius 3 is 2.64 bits per heavy atom. The Bertz CT molecular complexity index is 658. The lowest BCUT2D eigenvalue weighted by molar-refractivity contribution is 0.104. The van der Waals surface area contributed by atoms with Gasteiger partial charge in [0, 0.05) is 18.7 Å². The van der Waals surface area contributed by atoms with Crippen molar-refractivity contribution < 1.29 is 4.79 Å². The average Bonchev–Trinajstić information content (AvgIpc) is 2.61. The zero-order valence-electron chi connectivity index (χ0n) is 12.5. The van der Waals surface area contributed by atoms with E-state index in [2.05, 4.69) is 16.0 Å². The van der Waals surface area contributed by atoms with Crippen LogP contribution in [0, 0.1) is 6.07 Å². The summed E-state index contributed by atoms with van der Waals surface area (Å²) in [5, 5.41) is 0. The molecule has 1 fully saturated rings. The molecule has 0 aliphatic carbocycles. The molecular weight excluding hydrogens is 272 g/mol. The summed E-state index contributed by atoms with van der Waals surface area (Å²) in [6, 6.07) is 15.9. The van der Waals surface area contributed by atoms with Gasteiger partial charge in [0.15, 0.2) is 5.78 Å². The van der Waals surface area contributed by atoms with Crippen molar-refractivity contribution in [3.63, 3.8) is 0 Å². The number of hydrogen-bond donors (Lipinski definition) is 0. The Morgan fingerprint density at radius 2 is 1.86 bits per heavy atom. The number of allylic oxidation sites excluding steroid dienone is 1. The maximum absolute atomic E-state index is 12.1. The zero-order valence-corrected chi connectivity index (χ0v) is 12.5. The van der Waals surface area contributed by atoms with Crippen molar-refractivity contribution >= 4 is 17.7 Å². The predicted molar refractivity (Wildman–Crippen MR) is 88.9 cm³/mol. The van der Waals surface area contributed by atoms with Crippen molar-refractivity contribution in [1.82, 2.24) is 4.98 Å². The van der Waals surface area contributed by atoms with Crippen molar-refractivity contribution in [3.05, 3.63) is 65.9 Å². The van der Waals surface area contributed by atoms with Gasteiger partial charge in [-0.05, 0) is 49.6 Å². The third kappa shape index (κ3) is 3.61. The van der Waals surface area contributed by atoms with E-state index in [1.165, 1.54) is 19.3 Å². The first kappa shape index (κ1) is 14.5. The number of anilines is 1. The van der Waals surface area contributed by atoms with Crippen molar-refractivity contribution in [2.24, 2.45) is 0 Å². The number of rotatable bonds is 4. The van der Waals surface area contributed by atoms with Crippen LogP contribution in [0.25, 0.3) is 6.08 Å². The van der Waals surface area contributed by atoms with Gasteiger partial charge in [-0.25, -0.2) is 4.98 Å². The summed E-state index contributed by atoms with van der Waals surface area (Å²) in [7, 11) is 0. The minimum atomic E-state index is -0.0147. The molecule has 1 aromatic heterocycles. The minimum absolute atomic E-state index is 0.0147. The van der Waals surface area contributed by atoms with E-state index in [1.54, 1.807) is 36.4 Å². The fourth-order valence-corrected chi connectivity index (χ4v) is 2.64. The van der Waals surface area contributed by atoms with Crippen LogP contribution < -0.4 is 4.90 Å². The molecule has 2 heterocycles. The van der Waals surface area contributed by atoms with Crippen LogP contribution >= 0.6 is 0 Å². The number of carbonyl (C=O) groups excluding carboxylic acids is 1. The summed E-state index contributed by atoms with van der Waals surface area (Å²) in [6.45, 7) is 2.14. The summed E-state index contributed by atoms with van der Waals surface area (Å²) in [4.78, 5) is 19.0. The molecular formula is C19H19N2O. The Balaban J connectivity index is 1.72. The standard InChI is InChI=1S/C19H19N2O/c22-18(16-8-3-1-4-9-16)13-12-17-10-7-11-19(20-17)21-14-5-2-6-15-21/h3-4,7-13H,2,5-6,14-15H2. The molecule has 1 aromatic carbocycles. The molecule has 1 aliphatic heterocycles. The van der Waals surface area contributed by atoms with E-state index in [0.29, 0.717) is 5.56 Å². The lowest BCUT2D eigenvalue weighted by atomic mass is 10.1. The molecule has 3 rings (SSSR count). The lowest BCUT2D eigenvalue weighted by Crippen LogP contribution is -2.30. The molecule has 0 N–H and O–H groups in total. The van der Waals surface area contributed by atoms with Crippen LogP contribution in [-0.4, -0.2) is 23.9 Å². The van der Waals surface area contributed by atoms with Gasteiger partial charge in [-0.3, -0.25) is 4.79 Å². The third-order valence-corrected chi connectivity index (χ3v) is 3.84. The monoisotopic (exact) mass is 291 g/mol. The summed E-state index contributed by atoms with van der Waals surface area (Å²) in [6.07, 6.45) is 7.12. The largest absolute Gasteiger partial charge is 0.357 e. The highest BCUT2D eigenvalue weighted by Gasteiger charge is 2.11. The van der Waals surface area contributed by atoms with Crippen molar-refractivity contribution in [2.45, 2.75) is 19.3 Å². The van der Waals surface area contributed by atoms with Gasteiger partial charge in [0.2, 0.25) is 0 Å². The first-order valence-electron chi connectivity index (χ1n) is 7.73. The number of nitrogens with zero attached hydrogens (tertiary/aromatic N) is 2. The highest BCUT2D eigenvalue weighted by molar-refractivity contribution is 6.06. The molecule has 3 heteroatoms. The van der Waals surface area contributed by atoms with Crippen LogP contribution in [0.4, 0.5) is 5.82 Å². The van der Waals surface area contributed by atoms with E-state index < -0.39 is 0 Å². The van der Waals surface area contributed by atoms with Crippen LogP contribution in [0.15, 0.2) is 48.5 Å². The number of pyridine rings is 1. The lowest BCUT2D eigenvalue weighted by Gasteiger charge is -2.27. The molecule has 0 saturated carbocycles. The van der Waals surface area contributed by atoms with Crippen LogP contribution in [0.2, 0.25) is 0 Å². The summed E-state index contributed by atoms with van der Waals surface area (Å²) >= 11 is 0. The van der Waals surface area contributed by atoms with Gasteiger partial charge in [-0.1, -0.05) is 30.3 Å². The molecule has 1 saturated heterocycles. The zero-order chi connectivity index (χ0) is 15.2. The van der Waals surface area contributed by atoms with Crippen LogP contribution in [0.3, 0.4) is 0 Å². The summed E-state index contributed by atoms with van der Waals surface area (Å²) in [5.74, 6) is 0.989. The molecule has 3 nitrogen and oxygen atoms in total. The number of ketones is 1. The molecule has 2 aromatic rings. The Morgan fingerprint density at radius 1 is 1.09 bits per heavy atom. The first-order valence-corrected chi connectivity index (χ1v) is 7.73. The quantitative estimate of drug-likeness (QED) is 0.635. The van der Waals surface area contributed by atoms with Crippen molar-refractivity contribution in [3.8, 4) is 0 Å². The molecule has 22 heavy (non-hydrogen) atoms. The molecule has 0 spiro atoms. The maximum atomic E-state index is 12.1. The Hall–Kier alpha value is -2.42. The summed E-state index contributed by atoms with van der Waals surface area (Å²) in [5.41, 5.74) is 1.49. The van der Waals surface area contributed by atoms with Crippen molar-refractivity contribution in [1.29, 1.82) is 0 Å². The second-order valence-corrected chi connectivity index (χ2v) is 5.45. The second kappa shape index (κ2) is 7.03. The first-order chi connectivity index (χ1) is 10.8.